The van der Waals surface area contributed by atoms with Crippen LogP contribution in [0.1, 0.15) is 33.1 Å². The highest BCUT2D eigenvalue weighted by molar-refractivity contribution is 5.51. The molecular formula is C16H27N5. The Labute approximate surface area is 127 Å². The van der Waals surface area contributed by atoms with Crippen molar-refractivity contribution in [1.82, 2.24) is 9.97 Å². The maximum Gasteiger partial charge on any atom is 0.134 e. The zero-order chi connectivity index (χ0) is 14.8. The third-order valence-corrected chi connectivity index (χ3v) is 4.91. The Bertz CT molecular complexity index is 469. The maximum absolute atomic E-state index is 6.29. The normalized spacial score (nSPS) is 26.7. The third kappa shape index (κ3) is 3.12. The lowest BCUT2D eigenvalue weighted by atomic mass is 9.92. The first-order valence-corrected chi connectivity index (χ1v) is 8.22. The summed E-state index contributed by atoms with van der Waals surface area (Å²) in [5.41, 5.74) is 6.29. The second-order valence-electron chi connectivity index (χ2n) is 6.76. The Morgan fingerprint density at radius 2 is 1.71 bits per heavy atom. The van der Waals surface area contributed by atoms with Crippen molar-refractivity contribution in [3.05, 3.63) is 12.4 Å². The van der Waals surface area contributed by atoms with Crippen molar-refractivity contribution in [3.63, 3.8) is 0 Å². The van der Waals surface area contributed by atoms with Crippen LogP contribution in [0.15, 0.2) is 12.4 Å². The fourth-order valence-corrected chi connectivity index (χ4v) is 3.55. The fourth-order valence-electron chi connectivity index (χ4n) is 3.55. The average molecular weight is 289 g/mol. The van der Waals surface area contributed by atoms with Crippen LogP contribution in [0, 0.1) is 11.8 Å². The summed E-state index contributed by atoms with van der Waals surface area (Å²) in [6.45, 7) is 8.66. The van der Waals surface area contributed by atoms with Gasteiger partial charge in [0.15, 0.2) is 0 Å². The van der Waals surface area contributed by atoms with Crippen LogP contribution in [0.25, 0.3) is 0 Å². The zero-order valence-corrected chi connectivity index (χ0v) is 13.2. The van der Waals surface area contributed by atoms with E-state index in [-0.39, 0.29) is 6.04 Å². The minimum Gasteiger partial charge on any atom is -0.356 e. The van der Waals surface area contributed by atoms with Gasteiger partial charge in [-0.15, -0.1) is 0 Å². The van der Waals surface area contributed by atoms with Crippen LogP contribution in [0.3, 0.4) is 0 Å². The molecule has 0 aromatic carbocycles. The van der Waals surface area contributed by atoms with Gasteiger partial charge in [0.25, 0.3) is 0 Å². The Hall–Kier alpha value is -1.36. The summed E-state index contributed by atoms with van der Waals surface area (Å²) in [6.07, 6.45) is 5.58. The molecule has 116 valence electrons. The van der Waals surface area contributed by atoms with Gasteiger partial charge in [0.1, 0.15) is 18.0 Å². The summed E-state index contributed by atoms with van der Waals surface area (Å²) in [4.78, 5) is 13.6. The van der Waals surface area contributed by atoms with E-state index in [2.05, 4.69) is 39.7 Å². The van der Waals surface area contributed by atoms with Gasteiger partial charge >= 0.3 is 0 Å². The van der Waals surface area contributed by atoms with Crippen molar-refractivity contribution in [1.29, 1.82) is 0 Å². The molecule has 2 saturated heterocycles. The van der Waals surface area contributed by atoms with E-state index in [4.69, 9.17) is 5.73 Å². The largest absolute Gasteiger partial charge is 0.356 e. The molecule has 0 unspecified atom stereocenters. The van der Waals surface area contributed by atoms with Crippen LogP contribution < -0.4 is 15.5 Å². The second kappa shape index (κ2) is 6.18. The van der Waals surface area contributed by atoms with Gasteiger partial charge in [0.05, 0.1) is 0 Å². The molecule has 21 heavy (non-hydrogen) atoms. The SMILES string of the molecule is CC(C)[C@@H]1CN(c2cc(N3CCCCC3)ncn2)C[C@H]1N. The molecule has 0 radical (unpaired) electrons. The minimum atomic E-state index is 0.249. The van der Waals surface area contributed by atoms with Crippen LogP contribution >= 0.6 is 0 Å². The van der Waals surface area contributed by atoms with Gasteiger partial charge in [0.2, 0.25) is 0 Å². The highest BCUT2D eigenvalue weighted by Crippen LogP contribution is 2.28. The van der Waals surface area contributed by atoms with Gasteiger partial charge in [-0.2, -0.15) is 0 Å². The molecule has 0 aliphatic carbocycles. The van der Waals surface area contributed by atoms with Crippen molar-refractivity contribution >= 4 is 11.6 Å². The van der Waals surface area contributed by atoms with Gasteiger partial charge in [-0.25, -0.2) is 9.97 Å². The van der Waals surface area contributed by atoms with Crippen LogP contribution in [-0.4, -0.2) is 42.2 Å². The molecule has 2 fully saturated rings. The molecule has 1 aromatic heterocycles. The Morgan fingerprint density at radius 3 is 2.33 bits per heavy atom. The standard InChI is InChI=1S/C16H27N5/c1-12(2)13-9-21(10-14(13)17)16-8-15(18-11-19-16)20-6-4-3-5-7-20/h8,11-14H,3-7,9-10,17H2,1-2H3/t13-,14+/m0/s1. The molecule has 2 aliphatic rings. The highest BCUT2D eigenvalue weighted by Gasteiger charge is 2.33. The summed E-state index contributed by atoms with van der Waals surface area (Å²) in [5, 5.41) is 0. The lowest BCUT2D eigenvalue weighted by Gasteiger charge is -2.28. The molecule has 1 aromatic rings. The van der Waals surface area contributed by atoms with E-state index in [1.807, 2.05) is 0 Å². The Morgan fingerprint density at radius 1 is 1.05 bits per heavy atom. The molecule has 0 bridgehead atoms. The number of nitrogens with two attached hydrogens (primary N) is 1. The molecule has 2 atom stereocenters. The predicted octanol–water partition coefficient (Wildman–Crippen LogP) is 1.89. The lowest BCUT2D eigenvalue weighted by Crippen LogP contribution is -2.32. The minimum absolute atomic E-state index is 0.249. The number of hydrogen-bond donors (Lipinski definition) is 1. The van der Waals surface area contributed by atoms with Gasteiger partial charge in [0, 0.05) is 38.3 Å². The number of rotatable bonds is 3. The smallest absolute Gasteiger partial charge is 0.134 e. The molecule has 0 amide bonds. The first-order chi connectivity index (χ1) is 10.1. The number of aromatic nitrogens is 2. The average Bonchev–Trinajstić information content (AvgIpc) is 2.91. The molecule has 3 rings (SSSR count). The van der Waals surface area contributed by atoms with Crippen LogP contribution in [0.4, 0.5) is 11.6 Å². The van der Waals surface area contributed by atoms with E-state index in [9.17, 15) is 0 Å². The van der Waals surface area contributed by atoms with Crippen molar-refractivity contribution in [2.45, 2.75) is 39.2 Å². The van der Waals surface area contributed by atoms with E-state index < -0.39 is 0 Å². The topological polar surface area (TPSA) is 58.3 Å². The second-order valence-corrected chi connectivity index (χ2v) is 6.76. The quantitative estimate of drug-likeness (QED) is 0.921. The molecule has 5 nitrogen and oxygen atoms in total. The fraction of sp³-hybridized carbons (Fsp3) is 0.750. The molecule has 2 N–H and O–H groups in total. The summed E-state index contributed by atoms with van der Waals surface area (Å²) < 4.78 is 0. The summed E-state index contributed by atoms with van der Waals surface area (Å²) in [6, 6.07) is 2.39. The van der Waals surface area contributed by atoms with Gasteiger partial charge in [-0.1, -0.05) is 13.8 Å². The van der Waals surface area contributed by atoms with E-state index >= 15 is 0 Å². The first kappa shape index (κ1) is 14.6. The van der Waals surface area contributed by atoms with E-state index in [0.29, 0.717) is 11.8 Å². The van der Waals surface area contributed by atoms with Crippen LogP contribution in [-0.2, 0) is 0 Å². The molecule has 2 aliphatic heterocycles. The van der Waals surface area contributed by atoms with Crippen molar-refractivity contribution in [2.75, 3.05) is 36.0 Å². The first-order valence-electron chi connectivity index (χ1n) is 8.22. The predicted molar refractivity (Wildman–Crippen MR) is 86.6 cm³/mol. The van der Waals surface area contributed by atoms with E-state index in [1.165, 1.54) is 19.3 Å². The summed E-state index contributed by atoms with van der Waals surface area (Å²) >= 11 is 0. The number of hydrogen-bond acceptors (Lipinski definition) is 5. The molecule has 3 heterocycles. The molecule has 0 saturated carbocycles. The van der Waals surface area contributed by atoms with Gasteiger partial charge < -0.3 is 15.5 Å². The molecular weight excluding hydrogens is 262 g/mol. The molecule has 0 spiro atoms. The lowest BCUT2D eigenvalue weighted by molar-refractivity contribution is 0.382. The van der Waals surface area contributed by atoms with Crippen molar-refractivity contribution in [2.24, 2.45) is 17.6 Å². The van der Waals surface area contributed by atoms with Crippen LogP contribution in [0.5, 0.6) is 0 Å². The summed E-state index contributed by atoms with van der Waals surface area (Å²) in [5.74, 6) is 3.28. The number of piperidine rings is 1. The van der Waals surface area contributed by atoms with E-state index in [1.54, 1.807) is 6.33 Å². The van der Waals surface area contributed by atoms with Gasteiger partial charge in [-0.3, -0.25) is 0 Å². The Balaban J connectivity index is 1.74. The number of nitrogens with zero attached hydrogens (tertiary/aromatic N) is 4. The monoisotopic (exact) mass is 289 g/mol. The third-order valence-electron chi connectivity index (χ3n) is 4.91. The van der Waals surface area contributed by atoms with Crippen LogP contribution in [0.2, 0.25) is 0 Å². The van der Waals surface area contributed by atoms with Gasteiger partial charge in [-0.05, 0) is 31.1 Å². The maximum atomic E-state index is 6.29. The highest BCUT2D eigenvalue weighted by atomic mass is 15.3. The Kier molecular flexibility index (Phi) is 4.29. The van der Waals surface area contributed by atoms with Crippen molar-refractivity contribution in [3.8, 4) is 0 Å². The van der Waals surface area contributed by atoms with Crippen molar-refractivity contribution < 1.29 is 0 Å². The molecule has 5 heteroatoms. The summed E-state index contributed by atoms with van der Waals surface area (Å²) in [7, 11) is 0. The van der Waals surface area contributed by atoms with E-state index in [0.717, 1.165) is 37.8 Å². The zero-order valence-electron chi connectivity index (χ0n) is 13.2. The number of anilines is 2.